The van der Waals surface area contributed by atoms with Crippen molar-refractivity contribution in [3.63, 3.8) is 0 Å². The van der Waals surface area contributed by atoms with Crippen molar-refractivity contribution < 1.29 is 19.7 Å². The number of carbonyl (C=O) groups is 1. The summed E-state index contributed by atoms with van der Waals surface area (Å²) >= 11 is 0. The number of aromatic hydroxyl groups is 2. The molecule has 1 aliphatic heterocycles. The highest BCUT2D eigenvalue weighted by atomic mass is 16.5. The third-order valence-corrected chi connectivity index (χ3v) is 4.20. The Morgan fingerprint density at radius 3 is 2.52 bits per heavy atom. The van der Waals surface area contributed by atoms with Crippen LogP contribution >= 0.6 is 0 Å². The van der Waals surface area contributed by atoms with Crippen LogP contribution in [-0.4, -0.2) is 16.0 Å². The third kappa shape index (κ3) is 2.65. The van der Waals surface area contributed by atoms with Crippen LogP contribution < -0.4 is 10.5 Å². The molecule has 0 aromatic heterocycles. The van der Waals surface area contributed by atoms with Crippen molar-refractivity contribution >= 4 is 11.5 Å². The van der Waals surface area contributed by atoms with Crippen LogP contribution in [0.5, 0.6) is 23.0 Å². The fourth-order valence-electron chi connectivity index (χ4n) is 3.04. The van der Waals surface area contributed by atoms with Gasteiger partial charge < -0.3 is 20.7 Å². The fourth-order valence-corrected chi connectivity index (χ4v) is 3.04. The van der Waals surface area contributed by atoms with Crippen molar-refractivity contribution in [3.05, 3.63) is 65.7 Å². The number of Topliss-reactive ketones (excluding diaryl/α,β-unsaturated/α-hetero) is 1. The maximum absolute atomic E-state index is 12.6. The molecule has 124 valence electrons. The summed E-state index contributed by atoms with van der Waals surface area (Å²) in [5.74, 6) is -0.0496. The summed E-state index contributed by atoms with van der Waals surface area (Å²) in [6.07, 6.45) is 0.0941. The molecule has 0 bridgehead atoms. The number of hydrogen-bond acceptors (Lipinski definition) is 5. The number of ketones is 1. The molecule has 0 saturated heterocycles. The van der Waals surface area contributed by atoms with Gasteiger partial charge in [-0.15, -0.1) is 0 Å². The van der Waals surface area contributed by atoms with Crippen molar-refractivity contribution in [3.8, 4) is 34.1 Å². The predicted molar refractivity (Wildman–Crippen MR) is 94.2 cm³/mol. The Bertz CT molecular complexity index is 1010. The van der Waals surface area contributed by atoms with E-state index in [1.165, 1.54) is 6.07 Å². The summed E-state index contributed by atoms with van der Waals surface area (Å²) in [6.45, 7) is 0. The molecule has 0 atom stereocenters. The van der Waals surface area contributed by atoms with Gasteiger partial charge in [0.2, 0.25) is 0 Å². The largest absolute Gasteiger partial charge is 0.508 e. The molecule has 5 nitrogen and oxygen atoms in total. The lowest BCUT2D eigenvalue weighted by atomic mass is 9.98. The summed E-state index contributed by atoms with van der Waals surface area (Å²) in [4.78, 5) is 12.6. The van der Waals surface area contributed by atoms with Crippen LogP contribution in [0, 0.1) is 0 Å². The van der Waals surface area contributed by atoms with Gasteiger partial charge in [-0.05, 0) is 35.4 Å². The van der Waals surface area contributed by atoms with Crippen LogP contribution in [0.4, 0.5) is 5.69 Å². The van der Waals surface area contributed by atoms with Gasteiger partial charge in [0.25, 0.3) is 0 Å². The molecule has 4 rings (SSSR count). The Kier molecular flexibility index (Phi) is 3.35. The van der Waals surface area contributed by atoms with Gasteiger partial charge in [0.05, 0.1) is 0 Å². The van der Waals surface area contributed by atoms with Gasteiger partial charge in [-0.25, -0.2) is 0 Å². The van der Waals surface area contributed by atoms with E-state index in [-0.39, 0.29) is 35.0 Å². The number of benzene rings is 3. The predicted octanol–water partition coefficient (Wildman–Crippen LogP) is 3.88. The molecule has 0 aliphatic carbocycles. The minimum atomic E-state index is -0.288. The summed E-state index contributed by atoms with van der Waals surface area (Å²) < 4.78 is 5.78. The zero-order valence-corrected chi connectivity index (χ0v) is 13.2. The lowest BCUT2D eigenvalue weighted by Crippen LogP contribution is -2.02. The highest BCUT2D eigenvalue weighted by Gasteiger charge is 2.25. The summed E-state index contributed by atoms with van der Waals surface area (Å²) in [6, 6.07) is 15.5. The smallest absolute Gasteiger partial charge is 0.174 e. The highest BCUT2D eigenvalue weighted by molar-refractivity contribution is 6.03. The zero-order chi connectivity index (χ0) is 17.6. The second kappa shape index (κ2) is 5.56. The lowest BCUT2D eigenvalue weighted by Gasteiger charge is -2.11. The molecule has 0 fully saturated rings. The van der Waals surface area contributed by atoms with Crippen LogP contribution in [-0.2, 0) is 6.42 Å². The van der Waals surface area contributed by atoms with Crippen molar-refractivity contribution in [1.29, 1.82) is 0 Å². The Morgan fingerprint density at radius 1 is 0.920 bits per heavy atom. The van der Waals surface area contributed by atoms with E-state index in [9.17, 15) is 15.0 Å². The minimum absolute atomic E-state index is 0.0829. The van der Waals surface area contributed by atoms with Crippen LogP contribution in [0.2, 0.25) is 0 Å². The number of fused-ring (bicyclic) bond motifs is 2. The van der Waals surface area contributed by atoms with Crippen molar-refractivity contribution in [2.45, 2.75) is 6.42 Å². The molecule has 0 amide bonds. The third-order valence-electron chi connectivity index (χ3n) is 4.20. The summed E-state index contributed by atoms with van der Waals surface area (Å²) in [7, 11) is 0. The summed E-state index contributed by atoms with van der Waals surface area (Å²) in [5, 5.41) is 19.7. The van der Waals surface area contributed by atoms with E-state index in [4.69, 9.17) is 10.5 Å². The van der Waals surface area contributed by atoms with E-state index in [0.717, 1.165) is 17.2 Å². The van der Waals surface area contributed by atoms with Gasteiger partial charge in [-0.3, -0.25) is 4.79 Å². The van der Waals surface area contributed by atoms with Crippen molar-refractivity contribution in [2.75, 3.05) is 5.73 Å². The van der Waals surface area contributed by atoms with Gasteiger partial charge in [0, 0.05) is 29.8 Å². The number of carbonyl (C=O) groups excluding carboxylic acids is 1. The first-order valence-electron chi connectivity index (χ1n) is 7.77. The monoisotopic (exact) mass is 333 g/mol. The van der Waals surface area contributed by atoms with E-state index in [1.54, 1.807) is 6.07 Å². The molecule has 1 aliphatic rings. The average Bonchev–Trinajstić information content (AvgIpc) is 2.69. The highest BCUT2D eigenvalue weighted by Crippen LogP contribution is 2.41. The molecule has 0 saturated carbocycles. The summed E-state index contributed by atoms with van der Waals surface area (Å²) in [5.41, 5.74) is 9.15. The molecular formula is C20H15NO4. The van der Waals surface area contributed by atoms with Gasteiger partial charge >= 0.3 is 0 Å². The Morgan fingerprint density at radius 2 is 1.72 bits per heavy atom. The number of hydrogen-bond donors (Lipinski definition) is 3. The van der Waals surface area contributed by atoms with E-state index < -0.39 is 0 Å². The standard InChI is InChI=1S/C20H15NO4/c21-14-3-1-2-11(7-14)12-4-5-18-13(6-12)8-16(23)20-17(24)9-15(22)10-19(20)25-18/h1-7,9-10,22,24H,8,21H2. The van der Waals surface area contributed by atoms with Crippen LogP contribution in [0.1, 0.15) is 15.9 Å². The molecular weight excluding hydrogens is 318 g/mol. The number of phenolic OH excluding ortho intramolecular Hbond substituents is 2. The number of ether oxygens (including phenoxy) is 1. The van der Waals surface area contributed by atoms with Gasteiger partial charge in [-0.1, -0.05) is 18.2 Å². The Labute approximate surface area is 143 Å². The molecule has 0 unspecified atom stereocenters. The SMILES string of the molecule is Nc1cccc(-c2ccc3c(c2)CC(=O)c2c(O)cc(O)cc2O3)c1. The number of phenols is 2. The van der Waals surface area contributed by atoms with Gasteiger partial charge in [0.15, 0.2) is 5.78 Å². The van der Waals surface area contributed by atoms with E-state index in [1.807, 2.05) is 36.4 Å². The molecule has 0 spiro atoms. The molecule has 4 N–H and O–H groups in total. The molecule has 5 heteroatoms. The molecule has 3 aromatic carbocycles. The second-order valence-corrected chi connectivity index (χ2v) is 5.99. The van der Waals surface area contributed by atoms with Crippen LogP contribution in [0.3, 0.4) is 0 Å². The van der Waals surface area contributed by atoms with Crippen LogP contribution in [0.25, 0.3) is 11.1 Å². The van der Waals surface area contributed by atoms with Crippen LogP contribution in [0.15, 0.2) is 54.6 Å². The normalized spacial score (nSPS) is 12.7. The average molecular weight is 333 g/mol. The first-order chi connectivity index (χ1) is 12.0. The minimum Gasteiger partial charge on any atom is -0.508 e. The first-order valence-corrected chi connectivity index (χ1v) is 7.77. The van der Waals surface area contributed by atoms with E-state index in [0.29, 0.717) is 17.0 Å². The van der Waals surface area contributed by atoms with Crippen molar-refractivity contribution in [2.24, 2.45) is 0 Å². The number of nitrogens with two attached hydrogens (primary N) is 1. The van der Waals surface area contributed by atoms with E-state index in [2.05, 4.69) is 0 Å². The van der Waals surface area contributed by atoms with Crippen molar-refractivity contribution in [1.82, 2.24) is 0 Å². The molecule has 25 heavy (non-hydrogen) atoms. The van der Waals surface area contributed by atoms with E-state index >= 15 is 0 Å². The first kappa shape index (κ1) is 15.1. The Hall–Kier alpha value is -3.47. The lowest BCUT2D eigenvalue weighted by molar-refractivity contribution is 0.0991. The fraction of sp³-hybridized carbons (Fsp3) is 0.0500. The Balaban J connectivity index is 1.81. The second-order valence-electron chi connectivity index (χ2n) is 5.99. The maximum atomic E-state index is 12.6. The zero-order valence-electron chi connectivity index (χ0n) is 13.2. The molecule has 0 radical (unpaired) electrons. The topological polar surface area (TPSA) is 92.8 Å². The number of nitrogen functional groups attached to an aromatic ring is 1. The van der Waals surface area contributed by atoms with Gasteiger partial charge in [-0.2, -0.15) is 0 Å². The number of rotatable bonds is 1. The number of anilines is 1. The molecule has 3 aromatic rings. The van der Waals surface area contributed by atoms with Gasteiger partial charge in [0.1, 0.15) is 28.6 Å². The maximum Gasteiger partial charge on any atom is 0.174 e. The quantitative estimate of drug-likeness (QED) is 0.588. The molecule has 1 heterocycles.